The van der Waals surface area contributed by atoms with Crippen molar-refractivity contribution in [1.29, 1.82) is 0 Å². The molecule has 0 heterocycles. The summed E-state index contributed by atoms with van der Waals surface area (Å²) in [4.78, 5) is 23.3. The Morgan fingerprint density at radius 1 is 1.07 bits per heavy atom. The Labute approximate surface area is 156 Å². The van der Waals surface area contributed by atoms with Crippen LogP contribution in [0.1, 0.15) is 11.1 Å². The van der Waals surface area contributed by atoms with Gasteiger partial charge in [0.2, 0.25) is 15.9 Å². The Morgan fingerprint density at radius 3 is 2.44 bits per heavy atom. The van der Waals surface area contributed by atoms with Crippen molar-refractivity contribution in [1.82, 2.24) is 10.0 Å². The number of hydrogen-bond donors (Lipinski definition) is 2. The van der Waals surface area contributed by atoms with Crippen LogP contribution in [0.15, 0.2) is 53.4 Å². The molecule has 0 radical (unpaired) electrons. The summed E-state index contributed by atoms with van der Waals surface area (Å²) in [6.07, 6.45) is 0. The van der Waals surface area contributed by atoms with Gasteiger partial charge in [-0.1, -0.05) is 29.8 Å². The maximum Gasteiger partial charge on any atom is 0.325 e. The van der Waals surface area contributed by atoms with Gasteiger partial charge in [-0.2, -0.15) is 0 Å². The first kappa shape index (κ1) is 20.5. The molecule has 0 fully saturated rings. The molecule has 2 aromatic rings. The highest BCUT2D eigenvalue weighted by Gasteiger charge is 2.15. The summed E-state index contributed by atoms with van der Waals surface area (Å²) >= 11 is 0. The van der Waals surface area contributed by atoms with E-state index in [0.717, 1.165) is 5.56 Å². The Bertz CT molecular complexity index is 914. The fraction of sp³-hybridized carbons (Fsp3) is 0.222. The first-order valence-corrected chi connectivity index (χ1v) is 9.48. The SMILES string of the molecule is Cc1ccc(S(=O)(=O)NCC(=O)NCC(=O)OCc2cccc(F)c2)cc1. The number of carbonyl (C=O) groups excluding carboxylic acids is 2. The molecule has 27 heavy (non-hydrogen) atoms. The lowest BCUT2D eigenvalue weighted by Gasteiger charge is -2.08. The molecule has 0 aliphatic carbocycles. The highest BCUT2D eigenvalue weighted by atomic mass is 32.2. The van der Waals surface area contributed by atoms with Crippen LogP contribution >= 0.6 is 0 Å². The van der Waals surface area contributed by atoms with Crippen molar-refractivity contribution in [3.8, 4) is 0 Å². The van der Waals surface area contributed by atoms with Crippen molar-refractivity contribution in [3.63, 3.8) is 0 Å². The zero-order chi connectivity index (χ0) is 19.9. The van der Waals surface area contributed by atoms with Crippen LogP contribution in [0.5, 0.6) is 0 Å². The van der Waals surface area contributed by atoms with Crippen LogP contribution in [0.3, 0.4) is 0 Å². The van der Waals surface area contributed by atoms with Crippen molar-refractivity contribution < 1.29 is 27.1 Å². The number of sulfonamides is 1. The lowest BCUT2D eigenvalue weighted by Crippen LogP contribution is -2.39. The van der Waals surface area contributed by atoms with Crippen molar-refractivity contribution in [2.45, 2.75) is 18.4 Å². The largest absolute Gasteiger partial charge is 0.460 e. The Hall–Kier alpha value is -2.78. The van der Waals surface area contributed by atoms with Crippen LogP contribution in [0.4, 0.5) is 4.39 Å². The second kappa shape index (κ2) is 9.24. The third kappa shape index (κ3) is 6.80. The number of amides is 1. The molecule has 0 saturated carbocycles. The molecule has 0 bridgehead atoms. The van der Waals surface area contributed by atoms with Gasteiger partial charge < -0.3 is 10.1 Å². The topological polar surface area (TPSA) is 102 Å². The number of benzene rings is 2. The molecule has 0 aliphatic heterocycles. The molecule has 2 rings (SSSR count). The number of esters is 1. The molecule has 0 atom stereocenters. The van der Waals surface area contributed by atoms with E-state index in [-0.39, 0.29) is 11.5 Å². The molecule has 2 N–H and O–H groups in total. The third-order valence-corrected chi connectivity index (χ3v) is 4.89. The summed E-state index contributed by atoms with van der Waals surface area (Å²) in [6.45, 7) is 0.741. The van der Waals surface area contributed by atoms with Crippen LogP contribution in [-0.2, 0) is 31.0 Å². The fourth-order valence-electron chi connectivity index (χ4n) is 2.04. The fourth-order valence-corrected chi connectivity index (χ4v) is 3.02. The summed E-state index contributed by atoms with van der Waals surface area (Å²) < 4.78 is 44.2. The molecule has 144 valence electrons. The number of halogens is 1. The number of rotatable bonds is 8. The quantitative estimate of drug-likeness (QED) is 0.657. The van der Waals surface area contributed by atoms with Crippen LogP contribution in [0, 0.1) is 12.7 Å². The Morgan fingerprint density at radius 2 is 1.78 bits per heavy atom. The summed E-state index contributed by atoms with van der Waals surface area (Å²) in [5, 5.41) is 2.25. The molecule has 0 saturated heterocycles. The second-order valence-electron chi connectivity index (χ2n) is 5.70. The summed E-state index contributed by atoms with van der Waals surface area (Å²) in [6, 6.07) is 11.7. The zero-order valence-electron chi connectivity index (χ0n) is 14.6. The van der Waals surface area contributed by atoms with Gasteiger partial charge in [-0.05, 0) is 36.8 Å². The van der Waals surface area contributed by atoms with E-state index in [1.165, 1.54) is 30.3 Å². The molecule has 9 heteroatoms. The van der Waals surface area contributed by atoms with E-state index >= 15 is 0 Å². The average molecular weight is 394 g/mol. The number of hydrogen-bond acceptors (Lipinski definition) is 5. The van der Waals surface area contributed by atoms with E-state index < -0.39 is 40.8 Å². The predicted molar refractivity (Wildman–Crippen MR) is 95.6 cm³/mol. The smallest absolute Gasteiger partial charge is 0.325 e. The van der Waals surface area contributed by atoms with Gasteiger partial charge in [-0.25, -0.2) is 17.5 Å². The molecule has 0 unspecified atom stereocenters. The molecule has 7 nitrogen and oxygen atoms in total. The zero-order valence-corrected chi connectivity index (χ0v) is 15.4. The van der Waals surface area contributed by atoms with E-state index in [2.05, 4.69) is 10.0 Å². The minimum Gasteiger partial charge on any atom is -0.460 e. The standard InChI is InChI=1S/C18H19FN2O5S/c1-13-5-7-16(8-6-13)27(24,25)21-10-17(22)20-11-18(23)26-12-14-3-2-4-15(19)9-14/h2-9,21H,10-12H2,1H3,(H,20,22). The Kier molecular flexibility index (Phi) is 7.03. The molecule has 1 amide bonds. The molecular weight excluding hydrogens is 375 g/mol. The van der Waals surface area contributed by atoms with Gasteiger partial charge in [0.1, 0.15) is 19.0 Å². The van der Waals surface area contributed by atoms with Crippen LogP contribution < -0.4 is 10.0 Å². The summed E-state index contributed by atoms with van der Waals surface area (Å²) in [5.41, 5.74) is 1.38. The minimum atomic E-state index is -3.82. The van der Waals surface area contributed by atoms with E-state index in [9.17, 15) is 22.4 Å². The molecular formula is C18H19FN2O5S. The molecule has 0 spiro atoms. The maximum absolute atomic E-state index is 13.0. The van der Waals surface area contributed by atoms with Crippen LogP contribution in [0.2, 0.25) is 0 Å². The molecule has 0 aliphatic rings. The van der Waals surface area contributed by atoms with Gasteiger partial charge in [0.05, 0.1) is 11.4 Å². The van der Waals surface area contributed by atoms with Crippen molar-refractivity contribution in [3.05, 3.63) is 65.5 Å². The van der Waals surface area contributed by atoms with Crippen molar-refractivity contribution in [2.24, 2.45) is 0 Å². The van der Waals surface area contributed by atoms with Gasteiger partial charge >= 0.3 is 5.97 Å². The van der Waals surface area contributed by atoms with E-state index in [1.54, 1.807) is 18.2 Å². The van der Waals surface area contributed by atoms with Gasteiger partial charge in [-0.15, -0.1) is 0 Å². The lowest BCUT2D eigenvalue weighted by atomic mass is 10.2. The maximum atomic E-state index is 13.0. The van der Waals surface area contributed by atoms with E-state index in [1.807, 2.05) is 6.92 Å². The normalized spacial score (nSPS) is 11.0. The van der Waals surface area contributed by atoms with Crippen LogP contribution in [-0.4, -0.2) is 33.4 Å². The average Bonchev–Trinajstić information content (AvgIpc) is 2.63. The third-order valence-electron chi connectivity index (χ3n) is 3.47. The number of aryl methyl sites for hydroxylation is 1. The first-order chi connectivity index (χ1) is 12.8. The van der Waals surface area contributed by atoms with Gasteiger partial charge in [0, 0.05) is 0 Å². The number of ether oxygens (including phenoxy) is 1. The van der Waals surface area contributed by atoms with Crippen LogP contribution in [0.25, 0.3) is 0 Å². The van der Waals surface area contributed by atoms with E-state index in [4.69, 9.17) is 4.74 Å². The van der Waals surface area contributed by atoms with Crippen molar-refractivity contribution in [2.75, 3.05) is 13.1 Å². The highest BCUT2D eigenvalue weighted by molar-refractivity contribution is 7.89. The molecule has 0 aromatic heterocycles. The minimum absolute atomic E-state index is 0.0374. The second-order valence-corrected chi connectivity index (χ2v) is 7.47. The van der Waals surface area contributed by atoms with Gasteiger partial charge in [-0.3, -0.25) is 9.59 Å². The highest BCUT2D eigenvalue weighted by Crippen LogP contribution is 2.09. The molecule has 2 aromatic carbocycles. The number of carbonyl (C=O) groups is 2. The number of nitrogens with one attached hydrogen (secondary N) is 2. The van der Waals surface area contributed by atoms with Gasteiger partial charge in [0.15, 0.2) is 0 Å². The predicted octanol–water partition coefficient (Wildman–Crippen LogP) is 1.27. The van der Waals surface area contributed by atoms with Gasteiger partial charge in [0.25, 0.3) is 0 Å². The monoisotopic (exact) mass is 394 g/mol. The van der Waals surface area contributed by atoms with Crippen molar-refractivity contribution >= 4 is 21.9 Å². The summed E-state index contributed by atoms with van der Waals surface area (Å²) in [7, 11) is -3.82. The van der Waals surface area contributed by atoms with E-state index in [0.29, 0.717) is 5.56 Å². The lowest BCUT2D eigenvalue weighted by molar-refractivity contribution is -0.145. The Balaban J connectivity index is 1.73. The first-order valence-electron chi connectivity index (χ1n) is 7.99. The summed E-state index contributed by atoms with van der Waals surface area (Å²) in [5.74, 6) is -1.86.